The number of ether oxygens (including phenoxy) is 1. The molecule has 0 aliphatic carbocycles. The van der Waals surface area contributed by atoms with Crippen LogP contribution in [-0.4, -0.2) is 16.1 Å². The molecular formula is C7H8F2N2O. The molecule has 1 rings (SSSR count). The standard InChI is InChI=1S/C7H8F2N2O/c1-7(8,9)12-5-6-10-3-2-4-11-6/h2-4H,5H2,1H3. The first-order valence-electron chi connectivity index (χ1n) is 3.35. The Labute approximate surface area is 68.4 Å². The zero-order valence-corrected chi connectivity index (χ0v) is 6.50. The molecule has 66 valence electrons. The molecule has 0 aliphatic heterocycles. The lowest BCUT2D eigenvalue weighted by atomic mass is 10.6. The first-order valence-corrected chi connectivity index (χ1v) is 3.35. The Kier molecular flexibility index (Phi) is 2.65. The molecular weight excluding hydrogens is 166 g/mol. The number of alkyl halides is 2. The van der Waals surface area contributed by atoms with Gasteiger partial charge in [0, 0.05) is 19.3 Å². The number of hydrogen-bond acceptors (Lipinski definition) is 3. The molecule has 0 unspecified atom stereocenters. The largest absolute Gasteiger partial charge is 0.353 e. The molecule has 0 saturated carbocycles. The van der Waals surface area contributed by atoms with Crippen LogP contribution >= 0.6 is 0 Å². The molecule has 5 heteroatoms. The Bertz CT molecular complexity index is 235. The van der Waals surface area contributed by atoms with Gasteiger partial charge in [-0.3, -0.25) is 0 Å². The molecule has 1 heterocycles. The van der Waals surface area contributed by atoms with E-state index in [4.69, 9.17) is 0 Å². The van der Waals surface area contributed by atoms with Gasteiger partial charge in [-0.05, 0) is 6.07 Å². The Balaban J connectivity index is 2.44. The molecule has 0 aromatic carbocycles. The highest BCUT2D eigenvalue weighted by Crippen LogP contribution is 2.14. The van der Waals surface area contributed by atoms with Gasteiger partial charge in [0.25, 0.3) is 0 Å². The minimum Gasteiger partial charge on any atom is -0.313 e. The second kappa shape index (κ2) is 3.53. The molecule has 0 saturated heterocycles. The van der Waals surface area contributed by atoms with Crippen LogP contribution in [0.3, 0.4) is 0 Å². The average molecular weight is 174 g/mol. The molecule has 12 heavy (non-hydrogen) atoms. The van der Waals surface area contributed by atoms with E-state index >= 15 is 0 Å². The highest BCUT2D eigenvalue weighted by atomic mass is 19.3. The molecule has 3 nitrogen and oxygen atoms in total. The van der Waals surface area contributed by atoms with Crippen molar-refractivity contribution in [3.8, 4) is 0 Å². The summed E-state index contributed by atoms with van der Waals surface area (Å²) in [4.78, 5) is 7.42. The van der Waals surface area contributed by atoms with Crippen LogP contribution in [-0.2, 0) is 11.3 Å². The SMILES string of the molecule is CC(F)(F)OCc1ncccn1. The fourth-order valence-electron chi connectivity index (χ4n) is 0.596. The third kappa shape index (κ3) is 3.34. The zero-order chi connectivity index (χ0) is 9.03. The van der Waals surface area contributed by atoms with Crippen molar-refractivity contribution in [1.82, 2.24) is 9.97 Å². The maximum absolute atomic E-state index is 12.1. The van der Waals surface area contributed by atoms with E-state index in [1.54, 1.807) is 6.07 Å². The minimum absolute atomic E-state index is 0.249. The van der Waals surface area contributed by atoms with Gasteiger partial charge in [0.15, 0.2) is 5.82 Å². The highest BCUT2D eigenvalue weighted by Gasteiger charge is 2.21. The van der Waals surface area contributed by atoms with E-state index in [0.29, 0.717) is 6.92 Å². The van der Waals surface area contributed by atoms with Gasteiger partial charge in [-0.2, -0.15) is 8.78 Å². The summed E-state index contributed by atoms with van der Waals surface area (Å²) in [6.07, 6.45) is -0.182. The zero-order valence-electron chi connectivity index (χ0n) is 6.50. The van der Waals surface area contributed by atoms with Gasteiger partial charge in [-0.25, -0.2) is 9.97 Å². The Morgan fingerprint density at radius 3 is 2.50 bits per heavy atom. The third-order valence-electron chi connectivity index (χ3n) is 1.07. The van der Waals surface area contributed by atoms with Gasteiger partial charge in [0.05, 0.1) is 0 Å². The van der Waals surface area contributed by atoms with Crippen molar-refractivity contribution >= 4 is 0 Å². The maximum atomic E-state index is 12.1. The van der Waals surface area contributed by atoms with E-state index in [1.807, 2.05) is 0 Å². The molecule has 0 fully saturated rings. The van der Waals surface area contributed by atoms with E-state index in [1.165, 1.54) is 12.4 Å². The second-order valence-electron chi connectivity index (χ2n) is 2.26. The molecule has 0 spiro atoms. The summed E-state index contributed by atoms with van der Waals surface area (Å²) in [5.41, 5.74) is 0. The number of aromatic nitrogens is 2. The topological polar surface area (TPSA) is 35.0 Å². The summed E-state index contributed by atoms with van der Waals surface area (Å²) in [6, 6.07) is 1.60. The fourth-order valence-corrected chi connectivity index (χ4v) is 0.596. The van der Waals surface area contributed by atoms with Crippen molar-refractivity contribution in [3.05, 3.63) is 24.3 Å². The summed E-state index contributed by atoms with van der Waals surface area (Å²) in [5, 5.41) is 0. The van der Waals surface area contributed by atoms with Crippen LogP contribution in [0.1, 0.15) is 12.7 Å². The smallest absolute Gasteiger partial charge is 0.313 e. The summed E-state index contributed by atoms with van der Waals surface area (Å²) in [6.45, 7) is 0.403. The van der Waals surface area contributed by atoms with Crippen molar-refractivity contribution in [3.63, 3.8) is 0 Å². The lowest BCUT2D eigenvalue weighted by Gasteiger charge is -2.09. The first kappa shape index (κ1) is 8.99. The van der Waals surface area contributed by atoms with Gasteiger partial charge >= 0.3 is 6.11 Å². The maximum Gasteiger partial charge on any atom is 0.353 e. The lowest BCUT2D eigenvalue weighted by molar-refractivity contribution is -0.232. The van der Waals surface area contributed by atoms with Crippen LogP contribution in [0.15, 0.2) is 18.5 Å². The quantitative estimate of drug-likeness (QED) is 0.698. The Hall–Kier alpha value is -1.10. The molecule has 0 atom stereocenters. The molecule has 1 aromatic heterocycles. The average Bonchev–Trinajstić information content (AvgIpc) is 2.02. The predicted octanol–water partition coefficient (Wildman–Crippen LogP) is 1.61. The molecule has 0 bridgehead atoms. The van der Waals surface area contributed by atoms with Gasteiger partial charge in [0.2, 0.25) is 0 Å². The van der Waals surface area contributed by atoms with E-state index < -0.39 is 6.11 Å². The van der Waals surface area contributed by atoms with Crippen LogP contribution in [0.2, 0.25) is 0 Å². The van der Waals surface area contributed by atoms with E-state index in [9.17, 15) is 8.78 Å². The normalized spacial score (nSPS) is 11.6. The number of rotatable bonds is 3. The van der Waals surface area contributed by atoms with E-state index in [-0.39, 0.29) is 12.4 Å². The summed E-state index contributed by atoms with van der Waals surface area (Å²) in [5.74, 6) is 0.249. The van der Waals surface area contributed by atoms with Crippen LogP contribution in [0, 0.1) is 0 Å². The minimum atomic E-state index is -3.13. The van der Waals surface area contributed by atoms with Gasteiger partial charge in [-0.15, -0.1) is 0 Å². The van der Waals surface area contributed by atoms with Crippen molar-refractivity contribution in [2.24, 2.45) is 0 Å². The lowest BCUT2D eigenvalue weighted by Crippen LogP contribution is -2.15. The number of halogens is 2. The predicted molar refractivity (Wildman–Crippen MR) is 37.4 cm³/mol. The van der Waals surface area contributed by atoms with Crippen molar-refractivity contribution < 1.29 is 13.5 Å². The molecule has 0 N–H and O–H groups in total. The molecule has 0 radical (unpaired) electrons. The van der Waals surface area contributed by atoms with Crippen LogP contribution in [0.5, 0.6) is 0 Å². The van der Waals surface area contributed by atoms with Crippen LogP contribution in [0.25, 0.3) is 0 Å². The van der Waals surface area contributed by atoms with Crippen LogP contribution in [0.4, 0.5) is 8.78 Å². The van der Waals surface area contributed by atoms with Crippen LogP contribution < -0.4 is 0 Å². The molecule has 1 aromatic rings. The van der Waals surface area contributed by atoms with Gasteiger partial charge in [0.1, 0.15) is 6.61 Å². The summed E-state index contributed by atoms with van der Waals surface area (Å²) in [7, 11) is 0. The Morgan fingerprint density at radius 1 is 1.42 bits per heavy atom. The molecule has 0 amide bonds. The highest BCUT2D eigenvalue weighted by molar-refractivity contribution is 4.86. The van der Waals surface area contributed by atoms with Crippen molar-refractivity contribution in [1.29, 1.82) is 0 Å². The number of hydrogen-bond donors (Lipinski definition) is 0. The second-order valence-corrected chi connectivity index (χ2v) is 2.26. The first-order chi connectivity index (χ1) is 5.58. The third-order valence-corrected chi connectivity index (χ3v) is 1.07. The van der Waals surface area contributed by atoms with E-state index in [0.717, 1.165) is 0 Å². The Morgan fingerprint density at radius 2 is 2.00 bits per heavy atom. The van der Waals surface area contributed by atoms with Crippen molar-refractivity contribution in [2.45, 2.75) is 19.6 Å². The fraction of sp³-hybridized carbons (Fsp3) is 0.429. The molecule has 0 aliphatic rings. The summed E-state index contributed by atoms with van der Waals surface area (Å²) >= 11 is 0. The van der Waals surface area contributed by atoms with Gasteiger partial charge < -0.3 is 4.74 Å². The monoisotopic (exact) mass is 174 g/mol. The van der Waals surface area contributed by atoms with Gasteiger partial charge in [-0.1, -0.05) is 0 Å². The van der Waals surface area contributed by atoms with Crippen molar-refractivity contribution in [2.75, 3.05) is 0 Å². The summed E-state index contributed by atoms with van der Waals surface area (Å²) < 4.78 is 28.4. The van der Waals surface area contributed by atoms with E-state index in [2.05, 4.69) is 14.7 Å². The number of nitrogens with zero attached hydrogens (tertiary/aromatic N) is 2.